The summed E-state index contributed by atoms with van der Waals surface area (Å²) in [6.07, 6.45) is 4.35. The van der Waals surface area contributed by atoms with Gasteiger partial charge in [0.1, 0.15) is 6.10 Å². The Kier molecular flexibility index (Phi) is 7.32. The van der Waals surface area contributed by atoms with Gasteiger partial charge in [-0.3, -0.25) is 0 Å². The van der Waals surface area contributed by atoms with Crippen LogP contribution < -0.4 is 17.0 Å². The van der Waals surface area contributed by atoms with Gasteiger partial charge in [-0.25, -0.2) is 13.9 Å². The molecule has 1 aliphatic carbocycles. The third-order valence-corrected chi connectivity index (χ3v) is 6.08. The summed E-state index contributed by atoms with van der Waals surface area (Å²) in [5, 5.41) is 0. The number of carbonyl (C=O) groups is 1. The molecule has 0 aliphatic heterocycles. The average Bonchev–Trinajstić information content (AvgIpc) is 2.86. The topological polar surface area (TPSA) is 35.1 Å². The Balaban J connectivity index is 0.00000261. The summed E-state index contributed by atoms with van der Waals surface area (Å²) in [7, 11) is 2.07. The van der Waals surface area contributed by atoms with E-state index in [9.17, 15) is 4.79 Å². The van der Waals surface area contributed by atoms with Gasteiger partial charge in [0.2, 0.25) is 0 Å². The van der Waals surface area contributed by atoms with Crippen molar-refractivity contribution in [1.82, 2.24) is 4.57 Å². The molecule has 0 amide bonds. The first-order valence-corrected chi connectivity index (χ1v) is 10.1. The standard InChI is InChI=1S/C22H33N2O2.ClH/c1-6-21-23(5)18-9-7-8-10-19(18)24(21)14-22(25)26-20-13-16(4)11-12-17(20)15(2)3;/h7-10,15-17,20H,6,11-14H2,1-5H3;1H/q+1;/p-1. The number of fused-ring (bicyclic) bond motifs is 1. The van der Waals surface area contributed by atoms with Crippen molar-refractivity contribution in [3.63, 3.8) is 0 Å². The number of aromatic nitrogens is 2. The van der Waals surface area contributed by atoms with E-state index in [1.54, 1.807) is 0 Å². The second kappa shape index (κ2) is 9.09. The first kappa shape index (κ1) is 21.7. The number of nitrogens with zero attached hydrogens (tertiary/aromatic N) is 2. The van der Waals surface area contributed by atoms with Gasteiger partial charge in [-0.05, 0) is 42.7 Å². The van der Waals surface area contributed by atoms with Gasteiger partial charge < -0.3 is 17.1 Å². The minimum absolute atomic E-state index is 0. The van der Waals surface area contributed by atoms with E-state index in [0.717, 1.165) is 29.7 Å². The maximum absolute atomic E-state index is 12.8. The first-order valence-electron chi connectivity index (χ1n) is 10.1. The highest BCUT2D eigenvalue weighted by atomic mass is 35.5. The highest BCUT2D eigenvalue weighted by Gasteiger charge is 2.34. The molecule has 2 aromatic rings. The molecule has 1 aromatic carbocycles. The lowest BCUT2D eigenvalue weighted by Gasteiger charge is -2.36. The number of aryl methyl sites for hydroxylation is 1. The zero-order valence-electron chi connectivity index (χ0n) is 17.2. The van der Waals surface area contributed by atoms with Gasteiger partial charge >= 0.3 is 5.97 Å². The Bertz CT molecular complexity index is 784. The number of halogens is 1. The molecule has 3 rings (SSSR count). The Morgan fingerprint density at radius 1 is 1.30 bits per heavy atom. The lowest BCUT2D eigenvalue weighted by molar-refractivity contribution is -0.653. The van der Waals surface area contributed by atoms with Crippen molar-refractivity contribution in [2.75, 3.05) is 0 Å². The first-order chi connectivity index (χ1) is 12.4. The molecule has 1 saturated carbocycles. The molecule has 3 atom stereocenters. The fraction of sp³-hybridized carbons (Fsp3) is 0.636. The van der Waals surface area contributed by atoms with Crippen LogP contribution in [0.25, 0.3) is 11.0 Å². The fourth-order valence-electron chi connectivity index (χ4n) is 4.63. The summed E-state index contributed by atoms with van der Waals surface area (Å²) >= 11 is 0. The zero-order valence-corrected chi connectivity index (χ0v) is 18.0. The monoisotopic (exact) mass is 392 g/mol. The highest BCUT2D eigenvalue weighted by Crippen LogP contribution is 2.35. The van der Waals surface area contributed by atoms with Crippen LogP contribution >= 0.6 is 0 Å². The van der Waals surface area contributed by atoms with Crippen LogP contribution in [0, 0.1) is 17.8 Å². The quantitative estimate of drug-likeness (QED) is 0.563. The molecular weight excluding hydrogens is 360 g/mol. The van der Waals surface area contributed by atoms with Crippen LogP contribution in [0.15, 0.2) is 24.3 Å². The third-order valence-electron chi connectivity index (χ3n) is 6.08. The summed E-state index contributed by atoms with van der Waals surface area (Å²) in [4.78, 5) is 12.8. The molecule has 0 bridgehead atoms. The molecule has 1 fully saturated rings. The van der Waals surface area contributed by atoms with E-state index in [0.29, 0.717) is 24.3 Å². The van der Waals surface area contributed by atoms with Gasteiger partial charge in [0.15, 0.2) is 17.6 Å². The van der Waals surface area contributed by atoms with Gasteiger partial charge in [0.05, 0.1) is 7.05 Å². The number of ether oxygens (including phenoxy) is 1. The van der Waals surface area contributed by atoms with E-state index in [-0.39, 0.29) is 24.5 Å². The Hall–Kier alpha value is -1.55. The average molecular weight is 393 g/mol. The molecule has 150 valence electrons. The van der Waals surface area contributed by atoms with E-state index >= 15 is 0 Å². The van der Waals surface area contributed by atoms with Crippen molar-refractivity contribution < 1.29 is 26.5 Å². The molecule has 0 spiro atoms. The zero-order chi connectivity index (χ0) is 18.8. The third kappa shape index (κ3) is 4.48. The van der Waals surface area contributed by atoms with Gasteiger partial charge in [0.25, 0.3) is 5.82 Å². The summed E-state index contributed by atoms with van der Waals surface area (Å²) in [6, 6.07) is 8.26. The predicted octanol–water partition coefficient (Wildman–Crippen LogP) is 1.04. The molecule has 1 aromatic heterocycles. The smallest absolute Gasteiger partial charge is 0.348 e. The lowest BCUT2D eigenvalue weighted by Crippen LogP contribution is -3.00. The number of esters is 1. The van der Waals surface area contributed by atoms with Crippen molar-refractivity contribution in [3.8, 4) is 0 Å². The molecule has 0 saturated heterocycles. The second-order valence-electron chi connectivity index (χ2n) is 8.26. The number of hydrogen-bond acceptors (Lipinski definition) is 2. The van der Waals surface area contributed by atoms with Crippen molar-refractivity contribution in [3.05, 3.63) is 30.1 Å². The van der Waals surface area contributed by atoms with Crippen LogP contribution in [0.2, 0.25) is 0 Å². The van der Waals surface area contributed by atoms with Crippen LogP contribution in [-0.4, -0.2) is 16.6 Å². The normalized spacial score (nSPS) is 22.7. The summed E-state index contributed by atoms with van der Waals surface area (Å²) in [5.41, 5.74) is 2.25. The van der Waals surface area contributed by atoms with Gasteiger partial charge in [0, 0.05) is 6.42 Å². The molecule has 0 N–H and O–H groups in total. The molecule has 4 nitrogen and oxygen atoms in total. The van der Waals surface area contributed by atoms with Crippen molar-refractivity contribution in [2.24, 2.45) is 24.8 Å². The summed E-state index contributed by atoms with van der Waals surface area (Å²) < 4.78 is 10.3. The second-order valence-corrected chi connectivity index (χ2v) is 8.26. The number of rotatable bonds is 5. The van der Waals surface area contributed by atoms with Crippen LogP contribution in [0.5, 0.6) is 0 Å². The molecule has 5 heteroatoms. The van der Waals surface area contributed by atoms with Gasteiger partial charge in [-0.1, -0.05) is 46.2 Å². The van der Waals surface area contributed by atoms with E-state index in [1.165, 1.54) is 12.8 Å². The van der Waals surface area contributed by atoms with E-state index < -0.39 is 0 Å². The number of carbonyl (C=O) groups excluding carboxylic acids is 1. The fourth-order valence-corrected chi connectivity index (χ4v) is 4.63. The SMILES string of the molecule is CCc1n(CC(=O)OC2CC(C)CCC2C(C)C)c2ccccc2[n+]1C.[Cl-]. The molecular formula is C22H33ClN2O2. The summed E-state index contributed by atoms with van der Waals surface area (Å²) in [6.45, 7) is 9.19. The Labute approximate surface area is 169 Å². The Morgan fingerprint density at radius 3 is 2.67 bits per heavy atom. The molecule has 27 heavy (non-hydrogen) atoms. The number of imidazole rings is 1. The van der Waals surface area contributed by atoms with Crippen LogP contribution in [0.3, 0.4) is 0 Å². The van der Waals surface area contributed by atoms with Crippen molar-refractivity contribution in [1.29, 1.82) is 0 Å². The number of benzene rings is 1. The van der Waals surface area contributed by atoms with Crippen LogP contribution in [-0.2, 0) is 29.5 Å². The highest BCUT2D eigenvalue weighted by molar-refractivity contribution is 5.76. The molecule has 3 unspecified atom stereocenters. The van der Waals surface area contributed by atoms with Crippen molar-refractivity contribution in [2.45, 2.75) is 66.0 Å². The lowest BCUT2D eigenvalue weighted by atomic mass is 9.75. The molecule has 1 aliphatic rings. The van der Waals surface area contributed by atoms with E-state index in [1.807, 2.05) is 12.1 Å². The molecule has 0 radical (unpaired) electrons. The van der Waals surface area contributed by atoms with Crippen LogP contribution in [0.1, 0.15) is 52.8 Å². The van der Waals surface area contributed by atoms with Crippen molar-refractivity contribution >= 4 is 17.0 Å². The van der Waals surface area contributed by atoms with Gasteiger partial charge in [-0.15, -0.1) is 0 Å². The number of para-hydroxylation sites is 2. The predicted molar refractivity (Wildman–Crippen MR) is 104 cm³/mol. The van der Waals surface area contributed by atoms with Crippen LogP contribution in [0.4, 0.5) is 0 Å². The minimum atomic E-state index is -0.106. The largest absolute Gasteiger partial charge is 1.00 e. The Morgan fingerprint density at radius 2 is 2.00 bits per heavy atom. The maximum Gasteiger partial charge on any atom is 0.348 e. The maximum atomic E-state index is 12.8. The van der Waals surface area contributed by atoms with E-state index in [4.69, 9.17) is 4.74 Å². The number of hydrogen-bond donors (Lipinski definition) is 0. The van der Waals surface area contributed by atoms with E-state index in [2.05, 4.69) is 56.0 Å². The molecule has 1 heterocycles. The van der Waals surface area contributed by atoms with Gasteiger partial charge in [-0.2, -0.15) is 0 Å². The minimum Gasteiger partial charge on any atom is -1.00 e. The summed E-state index contributed by atoms with van der Waals surface area (Å²) in [5.74, 6) is 2.72.